The molecule has 7 heteroatoms. The molecule has 0 heterocycles. The van der Waals surface area contributed by atoms with E-state index in [4.69, 9.17) is 0 Å². The summed E-state index contributed by atoms with van der Waals surface area (Å²) in [5.74, 6) is -1.06. The molecule has 3 amide bonds. The number of hydrogen-bond acceptors (Lipinski definition) is 4. The fourth-order valence-electron chi connectivity index (χ4n) is 3.00. The highest BCUT2D eigenvalue weighted by Gasteiger charge is 2.36. The molecule has 0 spiro atoms. The number of hydrogen-bond donors (Lipinski definition) is 3. The third-order valence-electron chi connectivity index (χ3n) is 5.07. The number of amides is 3. The van der Waals surface area contributed by atoms with Crippen LogP contribution >= 0.6 is 0 Å². The van der Waals surface area contributed by atoms with Gasteiger partial charge in [-0.25, -0.2) is 10.9 Å². The highest BCUT2D eigenvalue weighted by Crippen LogP contribution is 2.19. The van der Waals surface area contributed by atoms with Crippen LogP contribution in [0.2, 0.25) is 0 Å². The molecule has 0 saturated heterocycles. The number of rotatable bonds is 10. The largest absolute Gasteiger partial charge is 0.307 e. The minimum atomic E-state index is -0.895. The van der Waals surface area contributed by atoms with Crippen LogP contribution in [0, 0.1) is 0 Å². The zero-order chi connectivity index (χ0) is 21.9. The maximum Gasteiger partial charge on any atom is 0.280 e. The summed E-state index contributed by atoms with van der Waals surface area (Å²) in [5.41, 5.74) is 5.29. The molecule has 0 bridgehead atoms. The van der Waals surface area contributed by atoms with Crippen LogP contribution < -0.4 is 16.2 Å². The molecule has 3 N–H and O–H groups in total. The van der Waals surface area contributed by atoms with Gasteiger partial charge in [0.15, 0.2) is 0 Å². The van der Waals surface area contributed by atoms with E-state index < -0.39 is 11.4 Å². The lowest BCUT2D eigenvalue weighted by Gasteiger charge is -2.34. The fraction of sp³-hybridized carbons (Fsp3) is 0.591. The number of nitrogens with one attached hydrogen (secondary N) is 3. The van der Waals surface area contributed by atoms with E-state index in [0.29, 0.717) is 12.8 Å². The first kappa shape index (κ1) is 24.6. The van der Waals surface area contributed by atoms with E-state index in [-0.39, 0.29) is 30.6 Å². The van der Waals surface area contributed by atoms with Crippen molar-refractivity contribution in [3.05, 3.63) is 35.9 Å². The predicted octanol–water partition coefficient (Wildman–Crippen LogP) is 3.04. The Hall–Kier alpha value is -2.41. The normalized spacial score (nSPS) is 13.8. The number of nitrogens with zero attached hydrogens (tertiary/aromatic N) is 1. The number of likely N-dealkylation sites (N-methyl/N-ethyl adjacent to an activating group) is 1. The Kier molecular flexibility index (Phi) is 10.4. The maximum atomic E-state index is 13.2. The van der Waals surface area contributed by atoms with Gasteiger partial charge < -0.3 is 5.32 Å². The van der Waals surface area contributed by atoms with Gasteiger partial charge >= 0.3 is 0 Å². The average molecular weight is 405 g/mol. The van der Waals surface area contributed by atoms with Gasteiger partial charge in [-0.3, -0.25) is 14.4 Å². The molecular formula is C22H36N4O3. The van der Waals surface area contributed by atoms with Gasteiger partial charge in [-0.2, -0.15) is 5.12 Å². The second-order valence-electron chi connectivity index (χ2n) is 7.66. The molecule has 1 aromatic rings. The highest BCUT2D eigenvalue weighted by molar-refractivity contribution is 5.90. The lowest BCUT2D eigenvalue weighted by Crippen LogP contribution is -2.64. The Balaban J connectivity index is 2.91. The van der Waals surface area contributed by atoms with Crippen LogP contribution in [-0.2, 0) is 14.4 Å². The minimum Gasteiger partial charge on any atom is -0.307 e. The highest BCUT2D eigenvalue weighted by atomic mass is 16.2. The summed E-state index contributed by atoms with van der Waals surface area (Å²) in [4.78, 5) is 37.9. The third kappa shape index (κ3) is 7.85. The van der Waals surface area contributed by atoms with Crippen LogP contribution in [0.5, 0.6) is 0 Å². The molecule has 0 saturated carbocycles. The van der Waals surface area contributed by atoms with E-state index in [2.05, 4.69) is 16.2 Å². The fourth-order valence-corrected chi connectivity index (χ4v) is 3.00. The van der Waals surface area contributed by atoms with E-state index in [1.807, 2.05) is 51.1 Å². The smallest absolute Gasteiger partial charge is 0.280 e. The molecule has 0 fully saturated rings. The Morgan fingerprint density at radius 1 is 1.03 bits per heavy atom. The van der Waals surface area contributed by atoms with Crippen LogP contribution in [0.15, 0.2) is 30.3 Å². The van der Waals surface area contributed by atoms with Gasteiger partial charge in [0.25, 0.3) is 5.91 Å². The summed E-state index contributed by atoms with van der Waals surface area (Å²) in [6.45, 7) is 7.66. The van der Waals surface area contributed by atoms with Crippen molar-refractivity contribution in [2.24, 2.45) is 0 Å². The summed E-state index contributed by atoms with van der Waals surface area (Å²) in [6, 6.07) is 9.71. The summed E-state index contributed by atoms with van der Waals surface area (Å²) >= 11 is 0. The molecule has 162 valence electrons. The molecule has 2 unspecified atom stereocenters. The van der Waals surface area contributed by atoms with Crippen molar-refractivity contribution >= 4 is 17.7 Å². The van der Waals surface area contributed by atoms with E-state index >= 15 is 0 Å². The van der Waals surface area contributed by atoms with E-state index in [9.17, 15) is 14.4 Å². The first-order chi connectivity index (χ1) is 13.8. The monoisotopic (exact) mass is 404 g/mol. The van der Waals surface area contributed by atoms with E-state index in [1.54, 1.807) is 14.0 Å². The predicted molar refractivity (Wildman–Crippen MR) is 115 cm³/mol. The maximum absolute atomic E-state index is 13.2. The Labute approximate surface area is 174 Å². The van der Waals surface area contributed by atoms with Crippen molar-refractivity contribution in [1.82, 2.24) is 21.3 Å². The van der Waals surface area contributed by atoms with Gasteiger partial charge in [-0.15, -0.1) is 0 Å². The van der Waals surface area contributed by atoms with Gasteiger partial charge in [0.05, 0.1) is 5.54 Å². The molecule has 0 aliphatic rings. The Morgan fingerprint density at radius 3 is 2.21 bits per heavy atom. The SMILES string of the molecule is CCCCC(C)(NC)C(=O)N(NC(=O)CCC)NC(=O)CC(C)c1ccccc1. The number of carbonyl (C=O) groups excluding carboxylic acids is 3. The molecule has 1 aromatic carbocycles. The van der Waals surface area contributed by atoms with Crippen molar-refractivity contribution in [2.45, 2.75) is 77.7 Å². The molecule has 2 atom stereocenters. The van der Waals surface area contributed by atoms with Crippen molar-refractivity contribution in [3.8, 4) is 0 Å². The standard InChI is InChI=1S/C22H36N4O3/c1-6-8-15-22(4,23-5)21(29)26(24-19(27)12-7-2)25-20(28)16-17(3)18-13-10-9-11-14-18/h9-11,13-14,17,23H,6-8,12,15-16H2,1-5H3,(H,24,27)(H,25,28). The molecule has 0 aliphatic heterocycles. The number of benzene rings is 1. The van der Waals surface area contributed by atoms with Crippen molar-refractivity contribution in [3.63, 3.8) is 0 Å². The second-order valence-corrected chi connectivity index (χ2v) is 7.66. The molecule has 7 nitrogen and oxygen atoms in total. The number of carbonyl (C=O) groups is 3. The van der Waals surface area contributed by atoms with Gasteiger partial charge in [-0.1, -0.05) is 63.9 Å². The van der Waals surface area contributed by atoms with Gasteiger partial charge in [-0.05, 0) is 38.3 Å². The molecule has 29 heavy (non-hydrogen) atoms. The van der Waals surface area contributed by atoms with Gasteiger partial charge in [0, 0.05) is 12.8 Å². The minimum absolute atomic E-state index is 0.0183. The summed E-state index contributed by atoms with van der Waals surface area (Å²) in [5, 5.41) is 4.01. The molecule has 0 aliphatic carbocycles. The zero-order valence-corrected chi connectivity index (χ0v) is 18.4. The lowest BCUT2D eigenvalue weighted by atomic mass is 9.94. The Bertz CT molecular complexity index is 665. The van der Waals surface area contributed by atoms with E-state index in [0.717, 1.165) is 23.5 Å². The van der Waals surface area contributed by atoms with Crippen LogP contribution in [0.3, 0.4) is 0 Å². The molecule has 0 aromatic heterocycles. The summed E-state index contributed by atoms with van der Waals surface area (Å²) < 4.78 is 0. The number of hydrazine groups is 2. The van der Waals surface area contributed by atoms with Crippen molar-refractivity contribution < 1.29 is 14.4 Å². The zero-order valence-electron chi connectivity index (χ0n) is 18.4. The van der Waals surface area contributed by atoms with Gasteiger partial charge in [0.1, 0.15) is 0 Å². The van der Waals surface area contributed by atoms with E-state index in [1.165, 1.54) is 0 Å². The van der Waals surface area contributed by atoms with Crippen molar-refractivity contribution in [2.75, 3.05) is 7.05 Å². The van der Waals surface area contributed by atoms with Gasteiger partial charge in [0.2, 0.25) is 11.8 Å². The Morgan fingerprint density at radius 2 is 1.66 bits per heavy atom. The average Bonchev–Trinajstić information content (AvgIpc) is 2.71. The van der Waals surface area contributed by atoms with Crippen molar-refractivity contribution in [1.29, 1.82) is 0 Å². The lowest BCUT2D eigenvalue weighted by molar-refractivity contribution is -0.155. The quantitative estimate of drug-likeness (QED) is 0.523. The van der Waals surface area contributed by atoms with Crippen LogP contribution in [0.4, 0.5) is 0 Å². The van der Waals surface area contributed by atoms with Crippen LogP contribution in [0.1, 0.15) is 77.7 Å². The summed E-state index contributed by atoms with van der Waals surface area (Å²) in [6.07, 6.45) is 3.49. The molecule has 1 rings (SSSR count). The molecular weight excluding hydrogens is 368 g/mol. The first-order valence-electron chi connectivity index (χ1n) is 10.4. The topological polar surface area (TPSA) is 90.5 Å². The van der Waals surface area contributed by atoms with Crippen LogP contribution in [-0.4, -0.2) is 35.4 Å². The molecule has 0 radical (unpaired) electrons. The number of unbranched alkanes of at least 4 members (excludes halogenated alkanes) is 1. The van der Waals surface area contributed by atoms with Crippen LogP contribution in [0.25, 0.3) is 0 Å². The second kappa shape index (κ2) is 12.2. The first-order valence-corrected chi connectivity index (χ1v) is 10.4. The summed E-state index contributed by atoms with van der Waals surface area (Å²) in [7, 11) is 1.71. The third-order valence-corrected chi connectivity index (χ3v) is 5.07.